The summed E-state index contributed by atoms with van der Waals surface area (Å²) >= 11 is 1.05. The van der Waals surface area contributed by atoms with E-state index in [4.69, 9.17) is 11.5 Å². The van der Waals surface area contributed by atoms with Crippen LogP contribution < -0.4 is 26.2 Å². The first-order chi connectivity index (χ1) is 17.0. The van der Waals surface area contributed by atoms with E-state index in [0.717, 1.165) is 11.3 Å². The molecule has 3 heterocycles. The minimum atomic E-state index is -4.78. The van der Waals surface area contributed by atoms with E-state index in [-0.39, 0.29) is 49.3 Å². The first kappa shape index (κ1) is 26.6. The molecule has 18 nitrogen and oxygen atoms in total. The highest BCUT2D eigenvalue weighted by atomic mass is 32.2. The molecule has 36 heavy (non-hydrogen) atoms. The summed E-state index contributed by atoms with van der Waals surface area (Å²) in [5, 5.41) is 7.49. The third-order valence-electron chi connectivity index (χ3n) is 4.82. The zero-order valence-electron chi connectivity index (χ0n) is 18.7. The summed E-state index contributed by atoms with van der Waals surface area (Å²) in [6, 6.07) is -4.57. The van der Waals surface area contributed by atoms with E-state index in [0.29, 0.717) is 9.80 Å². The predicted molar refractivity (Wildman–Crippen MR) is 122 cm³/mol. The molecular formula is C16H22N10O8S2. The predicted octanol–water partition coefficient (Wildman–Crippen LogP) is -3.24. The summed E-state index contributed by atoms with van der Waals surface area (Å²) < 4.78 is 27.4. The molecule has 1 aromatic rings. The van der Waals surface area contributed by atoms with Crippen molar-refractivity contribution in [2.75, 3.05) is 45.6 Å². The molecule has 2 aliphatic heterocycles. The molecule has 2 saturated heterocycles. The third kappa shape index (κ3) is 5.78. The second-order valence-corrected chi connectivity index (χ2v) is 9.50. The molecule has 2 fully saturated rings. The maximum atomic E-state index is 12.5. The van der Waals surface area contributed by atoms with Crippen molar-refractivity contribution in [1.29, 1.82) is 0 Å². The Morgan fingerprint density at radius 1 is 1.22 bits per heavy atom. The third-order valence-corrected chi connectivity index (χ3v) is 6.39. The average molecular weight is 547 g/mol. The number of amides is 8. The fraction of sp³-hybridized carbons (Fsp3) is 0.438. The van der Waals surface area contributed by atoms with Crippen molar-refractivity contribution >= 4 is 62.3 Å². The van der Waals surface area contributed by atoms with Crippen LogP contribution in [0.4, 0.5) is 19.5 Å². The van der Waals surface area contributed by atoms with Gasteiger partial charge in [0.1, 0.15) is 18.8 Å². The molecule has 0 aliphatic carbocycles. The summed E-state index contributed by atoms with van der Waals surface area (Å²) in [6.45, 7) is 0.0380. The van der Waals surface area contributed by atoms with Crippen molar-refractivity contribution < 1.29 is 37.2 Å². The van der Waals surface area contributed by atoms with Gasteiger partial charge < -0.3 is 26.5 Å². The van der Waals surface area contributed by atoms with Crippen molar-refractivity contribution in [3.05, 3.63) is 11.1 Å². The van der Waals surface area contributed by atoms with Gasteiger partial charge in [0.15, 0.2) is 10.8 Å². The molecule has 3 rings (SSSR count). The van der Waals surface area contributed by atoms with Crippen LogP contribution in [0.3, 0.4) is 0 Å². The fourth-order valence-electron chi connectivity index (χ4n) is 3.14. The van der Waals surface area contributed by atoms with Crippen molar-refractivity contribution in [2.45, 2.75) is 6.04 Å². The number of thiazole rings is 1. The minimum Gasteiger partial charge on any atom is -0.398 e. The van der Waals surface area contributed by atoms with E-state index in [2.05, 4.69) is 20.3 Å². The number of β-lactam (4-membered cyclic amide) rings is 1. The molecule has 20 heteroatoms. The van der Waals surface area contributed by atoms with Crippen LogP contribution in [0.25, 0.3) is 0 Å². The van der Waals surface area contributed by atoms with Crippen LogP contribution in [-0.4, -0.2) is 110 Å². The van der Waals surface area contributed by atoms with Gasteiger partial charge in [0.2, 0.25) is 0 Å². The molecule has 196 valence electrons. The smallest absolute Gasteiger partial charge is 0.340 e. The summed E-state index contributed by atoms with van der Waals surface area (Å²) in [5.41, 5.74) is 10.7. The Morgan fingerprint density at radius 3 is 2.44 bits per heavy atom. The number of anilines is 1. The van der Waals surface area contributed by atoms with E-state index in [1.54, 1.807) is 0 Å². The average Bonchev–Trinajstić information content (AvgIpc) is 3.39. The second kappa shape index (κ2) is 10.7. The van der Waals surface area contributed by atoms with E-state index in [1.165, 1.54) is 26.8 Å². The molecule has 0 saturated carbocycles. The van der Waals surface area contributed by atoms with Gasteiger partial charge in [-0.15, -0.1) is 11.3 Å². The molecule has 8 amide bonds. The van der Waals surface area contributed by atoms with Gasteiger partial charge in [0, 0.05) is 31.6 Å². The number of imide groups is 2. The highest BCUT2D eigenvalue weighted by Gasteiger charge is 2.44. The first-order valence-electron chi connectivity index (χ1n) is 10.1. The van der Waals surface area contributed by atoms with Gasteiger partial charge in [-0.2, -0.15) is 8.42 Å². The van der Waals surface area contributed by atoms with Crippen molar-refractivity contribution in [3.8, 4) is 0 Å². The number of nitrogens with zero attached hydrogens (tertiary/aromatic N) is 5. The van der Waals surface area contributed by atoms with Crippen LogP contribution in [0.1, 0.15) is 5.69 Å². The Morgan fingerprint density at radius 2 is 1.89 bits per heavy atom. The fourth-order valence-corrected chi connectivity index (χ4v) is 4.41. The van der Waals surface area contributed by atoms with E-state index < -0.39 is 46.2 Å². The van der Waals surface area contributed by atoms with Crippen LogP contribution in [0.2, 0.25) is 0 Å². The van der Waals surface area contributed by atoms with Gasteiger partial charge in [-0.05, 0) is 0 Å². The highest BCUT2D eigenvalue weighted by Crippen LogP contribution is 2.15. The molecule has 0 unspecified atom stereocenters. The highest BCUT2D eigenvalue weighted by molar-refractivity contribution is 7.88. The van der Waals surface area contributed by atoms with Crippen molar-refractivity contribution in [3.63, 3.8) is 0 Å². The number of hydrogen-bond acceptors (Lipinski definition) is 13. The lowest BCUT2D eigenvalue weighted by Crippen LogP contribution is -2.68. The van der Waals surface area contributed by atoms with E-state index in [1.807, 2.05) is 0 Å². The molecule has 2 aliphatic rings. The summed E-state index contributed by atoms with van der Waals surface area (Å²) in [6.07, 6.45) is 0. The molecule has 1 atom stereocenters. The Kier molecular flexibility index (Phi) is 7.90. The van der Waals surface area contributed by atoms with Crippen LogP contribution in [0.5, 0.6) is 0 Å². The number of nitrogens with one attached hydrogen (secondary N) is 3. The topological polar surface area (TPSA) is 252 Å². The van der Waals surface area contributed by atoms with Crippen molar-refractivity contribution in [2.24, 2.45) is 10.9 Å². The monoisotopic (exact) mass is 546 g/mol. The first-order valence-corrected chi connectivity index (χ1v) is 12.4. The Bertz CT molecular complexity index is 1220. The molecule has 0 radical (unpaired) electrons. The minimum absolute atomic E-state index is 0.0814. The second-order valence-electron chi connectivity index (χ2n) is 7.20. The van der Waals surface area contributed by atoms with Gasteiger partial charge in [0.05, 0.1) is 6.54 Å². The zero-order valence-corrected chi connectivity index (χ0v) is 20.3. The molecule has 0 aromatic carbocycles. The number of aromatic nitrogens is 1. The van der Waals surface area contributed by atoms with Gasteiger partial charge in [-0.1, -0.05) is 5.16 Å². The molecular weight excluding hydrogens is 524 g/mol. The van der Waals surface area contributed by atoms with E-state index in [9.17, 15) is 32.4 Å². The van der Waals surface area contributed by atoms with Crippen molar-refractivity contribution in [1.82, 2.24) is 34.4 Å². The summed E-state index contributed by atoms with van der Waals surface area (Å²) in [5.74, 6) is -1.77. The lowest BCUT2D eigenvalue weighted by Gasteiger charge is -2.36. The Labute approximate surface area is 207 Å². The lowest BCUT2D eigenvalue weighted by molar-refractivity contribution is -0.141. The number of nitrogen functional groups attached to an aromatic ring is 1. The van der Waals surface area contributed by atoms with Crippen LogP contribution >= 0.6 is 11.3 Å². The lowest BCUT2D eigenvalue weighted by atomic mass is 10.1. The van der Waals surface area contributed by atoms with Gasteiger partial charge in [0.25, 0.3) is 11.8 Å². The SMILES string of the molecule is CON=C(C(=O)N[C@H]1CN(C(=O)NS(=O)(=O)NC(=O)N2CCN(CCN)C2=O)C1=O)c1csc(N)n1. The van der Waals surface area contributed by atoms with Crippen LogP contribution in [0.15, 0.2) is 10.5 Å². The maximum absolute atomic E-state index is 12.5. The number of likely N-dealkylation sites (tertiary alicyclic amines) is 1. The number of hydrogen-bond donors (Lipinski definition) is 5. The molecule has 0 bridgehead atoms. The Balaban J connectivity index is 1.53. The number of rotatable bonds is 8. The van der Waals surface area contributed by atoms with Gasteiger partial charge in [-0.3, -0.25) is 14.5 Å². The largest absolute Gasteiger partial charge is 0.398 e. The number of carbonyl (C=O) groups excluding carboxylic acids is 5. The Hall–Kier alpha value is -4.04. The number of nitrogens with two attached hydrogens (primary N) is 2. The summed E-state index contributed by atoms with van der Waals surface area (Å²) in [4.78, 5) is 72.2. The van der Waals surface area contributed by atoms with Crippen LogP contribution in [-0.2, 0) is 24.6 Å². The molecule has 7 N–H and O–H groups in total. The van der Waals surface area contributed by atoms with Gasteiger partial charge in [-0.25, -0.2) is 33.7 Å². The number of urea groups is 3. The summed E-state index contributed by atoms with van der Waals surface area (Å²) in [7, 11) is -3.59. The zero-order chi connectivity index (χ0) is 26.6. The standard InChI is InChI=1S/C16H22N10O8S2/c1-34-21-10(9-7-35-13(18)20-9)11(27)19-8-6-26(12(8)28)15(30)23-36(32,33)22-14(29)25-5-4-24(3-2-17)16(25)31/h7-8H,2-6,17H2,1H3,(H2,18,20)(H,19,27)(H,22,29)(H,23,30)/t8-/m0/s1. The van der Waals surface area contributed by atoms with E-state index >= 15 is 0 Å². The number of carbonyl (C=O) groups is 5. The molecule has 1 aromatic heterocycles. The normalized spacial score (nSPS) is 18.1. The van der Waals surface area contributed by atoms with Gasteiger partial charge >= 0.3 is 28.3 Å². The van der Waals surface area contributed by atoms with Crippen LogP contribution in [0, 0.1) is 0 Å². The number of oxime groups is 1. The maximum Gasteiger partial charge on any atom is 0.340 e. The quantitative estimate of drug-likeness (QED) is 0.123. The molecule has 0 spiro atoms.